The highest BCUT2D eigenvalue weighted by Crippen LogP contribution is 2.17. The van der Waals surface area contributed by atoms with E-state index in [1.54, 1.807) is 6.92 Å². The number of ether oxygens (including phenoxy) is 1. The number of carbonyl (C=O) groups is 1. The van der Waals surface area contributed by atoms with Crippen LogP contribution in [0, 0.1) is 0 Å². The highest BCUT2D eigenvalue weighted by atomic mass is 19.4. The molecule has 96 valence electrons. The second kappa shape index (κ2) is 6.70. The first-order chi connectivity index (χ1) is 7.26. The van der Waals surface area contributed by atoms with Crippen molar-refractivity contribution in [3.8, 4) is 0 Å². The molecular weight excluding hydrogens is 227 g/mol. The van der Waals surface area contributed by atoms with Crippen molar-refractivity contribution >= 4 is 5.97 Å². The minimum Gasteiger partial charge on any atom is -0.480 e. The Bertz CT molecular complexity index is 221. The van der Waals surface area contributed by atoms with E-state index in [9.17, 15) is 18.0 Å². The highest BCUT2D eigenvalue weighted by Gasteiger charge is 2.33. The molecule has 0 fully saturated rings. The second-order valence-electron chi connectivity index (χ2n) is 3.42. The molecule has 1 N–H and O–H groups in total. The largest absolute Gasteiger partial charge is 0.480 e. The van der Waals surface area contributed by atoms with Gasteiger partial charge < -0.3 is 9.84 Å². The van der Waals surface area contributed by atoms with Gasteiger partial charge in [-0.2, -0.15) is 13.2 Å². The topological polar surface area (TPSA) is 49.8 Å². The fourth-order valence-electron chi connectivity index (χ4n) is 1.17. The van der Waals surface area contributed by atoms with Gasteiger partial charge in [0, 0.05) is 12.6 Å². The van der Waals surface area contributed by atoms with Gasteiger partial charge in [-0.1, -0.05) is 0 Å². The van der Waals surface area contributed by atoms with Gasteiger partial charge in [-0.3, -0.25) is 9.69 Å². The number of nitrogens with zero attached hydrogens (tertiary/aromatic N) is 1. The van der Waals surface area contributed by atoms with Crippen LogP contribution in [0.4, 0.5) is 13.2 Å². The molecular formula is C9H16F3NO3. The first-order valence-corrected chi connectivity index (χ1v) is 4.86. The lowest BCUT2D eigenvalue weighted by molar-refractivity contribution is -0.159. The van der Waals surface area contributed by atoms with E-state index in [2.05, 4.69) is 0 Å². The highest BCUT2D eigenvalue weighted by molar-refractivity contribution is 5.69. The van der Waals surface area contributed by atoms with Crippen LogP contribution in [0.1, 0.15) is 13.8 Å². The molecule has 0 aromatic heterocycles. The second-order valence-corrected chi connectivity index (χ2v) is 3.42. The summed E-state index contributed by atoms with van der Waals surface area (Å²) in [5, 5.41) is 8.51. The van der Waals surface area contributed by atoms with E-state index in [4.69, 9.17) is 9.84 Å². The van der Waals surface area contributed by atoms with E-state index >= 15 is 0 Å². The molecule has 0 saturated heterocycles. The SMILES string of the molecule is CCOCC(C)N(CC(=O)O)CC(F)(F)F. The average molecular weight is 243 g/mol. The third-order valence-electron chi connectivity index (χ3n) is 1.91. The molecule has 0 spiro atoms. The Balaban J connectivity index is 4.34. The Kier molecular flexibility index (Phi) is 6.35. The lowest BCUT2D eigenvalue weighted by Crippen LogP contribution is -2.45. The monoisotopic (exact) mass is 243 g/mol. The van der Waals surface area contributed by atoms with E-state index in [1.807, 2.05) is 0 Å². The first-order valence-electron chi connectivity index (χ1n) is 4.86. The van der Waals surface area contributed by atoms with Gasteiger partial charge in [-0.15, -0.1) is 0 Å². The molecule has 0 bridgehead atoms. The Labute approximate surface area is 92.0 Å². The summed E-state index contributed by atoms with van der Waals surface area (Å²) >= 11 is 0. The molecule has 16 heavy (non-hydrogen) atoms. The summed E-state index contributed by atoms with van der Waals surface area (Å²) in [6.07, 6.45) is -4.41. The van der Waals surface area contributed by atoms with Gasteiger partial charge in [-0.05, 0) is 13.8 Å². The standard InChI is InChI=1S/C9H16F3NO3/c1-3-16-5-7(2)13(4-8(14)15)6-9(10,11)12/h7H,3-6H2,1-2H3,(H,14,15). The number of alkyl halides is 3. The fraction of sp³-hybridized carbons (Fsp3) is 0.889. The quantitative estimate of drug-likeness (QED) is 0.733. The molecule has 0 heterocycles. The van der Waals surface area contributed by atoms with Crippen molar-refractivity contribution in [3.63, 3.8) is 0 Å². The van der Waals surface area contributed by atoms with Crippen molar-refractivity contribution in [2.45, 2.75) is 26.1 Å². The van der Waals surface area contributed by atoms with Gasteiger partial charge in [0.25, 0.3) is 0 Å². The van der Waals surface area contributed by atoms with Crippen LogP contribution in [-0.2, 0) is 9.53 Å². The van der Waals surface area contributed by atoms with Crippen molar-refractivity contribution in [3.05, 3.63) is 0 Å². The molecule has 0 aliphatic heterocycles. The van der Waals surface area contributed by atoms with Crippen LogP contribution in [0.25, 0.3) is 0 Å². The van der Waals surface area contributed by atoms with Gasteiger partial charge in [-0.25, -0.2) is 0 Å². The minimum absolute atomic E-state index is 0.0832. The molecule has 4 nitrogen and oxygen atoms in total. The summed E-state index contributed by atoms with van der Waals surface area (Å²) in [7, 11) is 0. The Morgan fingerprint density at radius 2 is 2.06 bits per heavy atom. The Morgan fingerprint density at radius 3 is 2.44 bits per heavy atom. The predicted molar refractivity (Wildman–Crippen MR) is 51.2 cm³/mol. The maximum Gasteiger partial charge on any atom is 0.401 e. The molecule has 7 heteroatoms. The van der Waals surface area contributed by atoms with E-state index in [0.29, 0.717) is 6.61 Å². The van der Waals surface area contributed by atoms with E-state index in [1.165, 1.54) is 6.92 Å². The maximum absolute atomic E-state index is 12.2. The zero-order chi connectivity index (χ0) is 12.8. The number of hydrogen-bond donors (Lipinski definition) is 1. The van der Waals surface area contributed by atoms with Crippen LogP contribution in [0.3, 0.4) is 0 Å². The lowest BCUT2D eigenvalue weighted by Gasteiger charge is -2.27. The van der Waals surface area contributed by atoms with Gasteiger partial charge >= 0.3 is 12.1 Å². The molecule has 0 aromatic carbocycles. The third-order valence-corrected chi connectivity index (χ3v) is 1.91. The number of aliphatic carboxylic acids is 1. The smallest absolute Gasteiger partial charge is 0.401 e. The number of halogens is 3. The average Bonchev–Trinajstić information content (AvgIpc) is 2.10. The van der Waals surface area contributed by atoms with Crippen molar-refractivity contribution < 1.29 is 27.8 Å². The van der Waals surface area contributed by atoms with Gasteiger partial charge in [0.15, 0.2) is 0 Å². The predicted octanol–water partition coefficient (Wildman–Crippen LogP) is 1.36. The summed E-state index contributed by atoms with van der Waals surface area (Å²) in [5.74, 6) is -1.28. The van der Waals surface area contributed by atoms with Crippen LogP contribution >= 0.6 is 0 Å². The number of rotatable bonds is 7. The lowest BCUT2D eigenvalue weighted by atomic mass is 10.3. The van der Waals surface area contributed by atoms with E-state index < -0.39 is 31.3 Å². The zero-order valence-corrected chi connectivity index (χ0v) is 9.25. The molecule has 0 amide bonds. The summed E-state index contributed by atoms with van der Waals surface area (Å²) in [6, 6.07) is -0.585. The first kappa shape index (κ1) is 15.2. The fourth-order valence-corrected chi connectivity index (χ4v) is 1.17. The van der Waals surface area contributed by atoms with Crippen LogP contribution in [0.2, 0.25) is 0 Å². The van der Waals surface area contributed by atoms with Gasteiger partial charge in [0.05, 0.1) is 19.7 Å². The van der Waals surface area contributed by atoms with Crippen molar-refractivity contribution in [2.75, 3.05) is 26.3 Å². The molecule has 0 aromatic rings. The summed E-state index contributed by atoms with van der Waals surface area (Å²) < 4.78 is 41.5. The molecule has 1 atom stereocenters. The van der Waals surface area contributed by atoms with Crippen LogP contribution in [0.15, 0.2) is 0 Å². The van der Waals surface area contributed by atoms with Crippen LogP contribution in [0.5, 0.6) is 0 Å². The maximum atomic E-state index is 12.2. The van der Waals surface area contributed by atoms with E-state index in [-0.39, 0.29) is 6.61 Å². The Morgan fingerprint density at radius 1 is 1.50 bits per heavy atom. The Hall–Kier alpha value is -0.820. The van der Waals surface area contributed by atoms with Gasteiger partial charge in [0.1, 0.15) is 0 Å². The third kappa shape index (κ3) is 7.47. The summed E-state index contributed by atoms with van der Waals surface area (Å²) in [5.41, 5.74) is 0. The molecule has 0 saturated carbocycles. The molecule has 0 aliphatic rings. The van der Waals surface area contributed by atoms with Crippen LogP contribution in [-0.4, -0.2) is 54.5 Å². The van der Waals surface area contributed by atoms with Crippen molar-refractivity contribution in [2.24, 2.45) is 0 Å². The molecule has 0 radical (unpaired) electrons. The number of carboxylic acid groups (broad SMARTS) is 1. The minimum atomic E-state index is -4.41. The number of carboxylic acids is 1. The van der Waals surface area contributed by atoms with Crippen molar-refractivity contribution in [1.82, 2.24) is 4.90 Å². The molecule has 0 rings (SSSR count). The van der Waals surface area contributed by atoms with Gasteiger partial charge in [0.2, 0.25) is 0 Å². The summed E-state index contributed by atoms with van der Waals surface area (Å²) in [6.45, 7) is 1.81. The normalized spacial score (nSPS) is 14.1. The van der Waals surface area contributed by atoms with E-state index in [0.717, 1.165) is 4.90 Å². The molecule has 0 aliphatic carbocycles. The zero-order valence-electron chi connectivity index (χ0n) is 9.25. The van der Waals surface area contributed by atoms with Crippen LogP contribution < -0.4 is 0 Å². The number of hydrogen-bond acceptors (Lipinski definition) is 3. The summed E-state index contributed by atoms with van der Waals surface area (Å²) in [4.78, 5) is 11.3. The molecule has 1 unspecified atom stereocenters. The van der Waals surface area contributed by atoms with Crippen molar-refractivity contribution in [1.29, 1.82) is 0 Å².